The number of thiazole rings is 1. The number of hydrogen-bond donors (Lipinski definition) is 0. The Kier molecular flexibility index (Phi) is 5.49. The van der Waals surface area contributed by atoms with E-state index in [2.05, 4.69) is 10.9 Å². The molecule has 25 heavy (non-hydrogen) atoms. The van der Waals surface area contributed by atoms with Gasteiger partial charge in [0.25, 0.3) is 5.91 Å². The highest BCUT2D eigenvalue weighted by atomic mass is 32.1. The zero-order valence-corrected chi connectivity index (χ0v) is 15.3. The van der Waals surface area contributed by atoms with E-state index in [9.17, 15) is 4.79 Å². The van der Waals surface area contributed by atoms with Crippen LogP contribution in [0.2, 0.25) is 0 Å². The summed E-state index contributed by atoms with van der Waals surface area (Å²) in [5.41, 5.74) is 0.876. The van der Waals surface area contributed by atoms with Crippen molar-refractivity contribution >= 4 is 44.9 Å². The number of carbonyl (C=O) groups excluding carboxylic acids is 1. The lowest BCUT2D eigenvalue weighted by Crippen LogP contribution is -2.16. The highest BCUT2D eigenvalue weighted by Gasteiger charge is 2.11. The Morgan fingerprint density at radius 1 is 1.40 bits per heavy atom. The minimum atomic E-state index is -0.316. The lowest BCUT2D eigenvalue weighted by atomic mass is 10.3. The molecule has 3 rings (SSSR count). The van der Waals surface area contributed by atoms with Gasteiger partial charge in [0, 0.05) is 11.0 Å². The molecule has 0 spiro atoms. The van der Waals surface area contributed by atoms with E-state index < -0.39 is 0 Å². The normalized spacial score (nSPS) is 11.9. The van der Waals surface area contributed by atoms with Gasteiger partial charge >= 0.3 is 0 Å². The van der Waals surface area contributed by atoms with E-state index in [4.69, 9.17) is 11.2 Å². The maximum Gasteiger partial charge on any atom is 0.272 e. The summed E-state index contributed by atoms with van der Waals surface area (Å²) in [4.78, 5) is 18.0. The lowest BCUT2D eigenvalue weighted by Gasteiger charge is -2.07. The van der Waals surface area contributed by atoms with Gasteiger partial charge in [-0.25, -0.2) is 0 Å². The fourth-order valence-electron chi connectivity index (χ4n) is 2.36. The number of carbonyl (C=O) groups is 1. The van der Waals surface area contributed by atoms with Crippen molar-refractivity contribution in [3.63, 3.8) is 0 Å². The summed E-state index contributed by atoms with van der Waals surface area (Å²) in [7, 11) is 0. The number of fused-ring (bicyclic) bond motifs is 1. The van der Waals surface area contributed by atoms with E-state index in [-0.39, 0.29) is 5.91 Å². The highest BCUT2D eigenvalue weighted by molar-refractivity contribution is 7.16. The zero-order chi connectivity index (χ0) is 17.6. The van der Waals surface area contributed by atoms with Gasteiger partial charge in [0.15, 0.2) is 4.80 Å². The molecule has 126 valence electrons. The minimum absolute atomic E-state index is 0.316. The van der Waals surface area contributed by atoms with Gasteiger partial charge in [-0.1, -0.05) is 29.4 Å². The quantitative estimate of drug-likeness (QED) is 0.506. The van der Waals surface area contributed by atoms with Crippen LogP contribution >= 0.6 is 22.7 Å². The molecule has 0 fully saturated rings. The summed E-state index contributed by atoms with van der Waals surface area (Å²) in [5.74, 6) is 3.05. The molecule has 0 saturated heterocycles. The van der Waals surface area contributed by atoms with Gasteiger partial charge in [-0.2, -0.15) is 4.99 Å². The molecule has 0 aliphatic heterocycles. The van der Waals surface area contributed by atoms with Crippen LogP contribution in [0.1, 0.15) is 11.8 Å². The Hall–Kier alpha value is -2.62. The summed E-state index contributed by atoms with van der Waals surface area (Å²) >= 11 is 2.99. The second kappa shape index (κ2) is 7.97. The van der Waals surface area contributed by atoms with Crippen LogP contribution in [-0.2, 0) is 11.3 Å². The van der Waals surface area contributed by atoms with Crippen molar-refractivity contribution in [3.8, 4) is 18.1 Å². The van der Waals surface area contributed by atoms with Gasteiger partial charge in [-0.15, -0.1) is 17.8 Å². The third kappa shape index (κ3) is 3.90. The molecule has 0 bridgehead atoms. The third-order valence-electron chi connectivity index (χ3n) is 3.35. The molecule has 0 saturated carbocycles. The fraction of sp³-hybridized carbons (Fsp3) is 0.158. The van der Waals surface area contributed by atoms with E-state index in [1.807, 2.05) is 47.2 Å². The van der Waals surface area contributed by atoms with Crippen LogP contribution in [0.5, 0.6) is 5.75 Å². The molecule has 2 aromatic heterocycles. The number of aromatic nitrogens is 1. The first-order valence-corrected chi connectivity index (χ1v) is 9.41. The van der Waals surface area contributed by atoms with Crippen molar-refractivity contribution in [1.82, 2.24) is 4.57 Å². The molecular formula is C19H16N2O2S2. The van der Waals surface area contributed by atoms with Crippen LogP contribution in [0, 0.1) is 12.3 Å². The summed E-state index contributed by atoms with van der Waals surface area (Å²) in [6.07, 6.45) is 8.75. The highest BCUT2D eigenvalue weighted by Crippen LogP contribution is 2.27. The topological polar surface area (TPSA) is 43.6 Å². The predicted molar refractivity (Wildman–Crippen MR) is 104 cm³/mol. The molecule has 0 unspecified atom stereocenters. The summed E-state index contributed by atoms with van der Waals surface area (Å²) < 4.78 is 8.53. The summed E-state index contributed by atoms with van der Waals surface area (Å²) in [6, 6.07) is 9.68. The summed E-state index contributed by atoms with van der Waals surface area (Å²) in [5, 5.41) is 1.96. The maximum absolute atomic E-state index is 12.2. The van der Waals surface area contributed by atoms with Gasteiger partial charge in [-0.3, -0.25) is 4.79 Å². The number of thiophene rings is 1. The Labute approximate surface area is 153 Å². The lowest BCUT2D eigenvalue weighted by molar-refractivity contribution is -0.113. The summed E-state index contributed by atoms with van der Waals surface area (Å²) in [6.45, 7) is 2.81. The minimum Gasteiger partial charge on any atom is -0.492 e. The number of hydrogen-bond acceptors (Lipinski definition) is 4. The van der Waals surface area contributed by atoms with Crippen LogP contribution in [-0.4, -0.2) is 17.1 Å². The monoisotopic (exact) mass is 368 g/mol. The van der Waals surface area contributed by atoms with Crippen molar-refractivity contribution in [2.24, 2.45) is 4.99 Å². The predicted octanol–water partition coefficient (Wildman–Crippen LogP) is 3.94. The SMILES string of the molecule is C#CCn1c(=NC(=O)C=Cc2cccs2)sc2cccc(OCC)c21. The number of ether oxygens (including phenoxy) is 1. The molecule has 6 heteroatoms. The zero-order valence-electron chi connectivity index (χ0n) is 13.6. The second-order valence-corrected chi connectivity index (χ2v) is 7.00. The number of nitrogens with zero attached hydrogens (tertiary/aromatic N) is 2. The smallest absolute Gasteiger partial charge is 0.272 e. The Bertz CT molecular complexity index is 1020. The van der Waals surface area contributed by atoms with E-state index in [1.165, 1.54) is 17.4 Å². The Morgan fingerprint density at radius 2 is 2.28 bits per heavy atom. The maximum atomic E-state index is 12.2. The van der Waals surface area contributed by atoms with E-state index in [1.54, 1.807) is 17.4 Å². The van der Waals surface area contributed by atoms with Crippen LogP contribution in [0.15, 0.2) is 46.8 Å². The number of benzene rings is 1. The van der Waals surface area contributed by atoms with Crippen LogP contribution in [0.3, 0.4) is 0 Å². The molecule has 1 aromatic carbocycles. The second-order valence-electron chi connectivity index (χ2n) is 5.01. The van der Waals surface area contributed by atoms with E-state index >= 15 is 0 Å². The molecule has 0 aliphatic carbocycles. The molecule has 2 heterocycles. The molecule has 1 amide bonds. The van der Waals surface area contributed by atoms with Crippen molar-refractivity contribution in [3.05, 3.63) is 51.5 Å². The largest absolute Gasteiger partial charge is 0.492 e. The molecule has 0 radical (unpaired) electrons. The van der Waals surface area contributed by atoms with Crippen LogP contribution in [0.25, 0.3) is 16.3 Å². The van der Waals surface area contributed by atoms with Crippen molar-refractivity contribution in [1.29, 1.82) is 0 Å². The van der Waals surface area contributed by atoms with E-state index in [0.29, 0.717) is 18.0 Å². The number of terminal acetylenes is 1. The molecule has 0 N–H and O–H groups in total. The Morgan fingerprint density at radius 3 is 3.00 bits per heavy atom. The van der Waals surface area contributed by atoms with Gasteiger partial charge in [-0.05, 0) is 36.6 Å². The number of rotatable bonds is 5. The first kappa shape index (κ1) is 17.2. The molecule has 3 aromatic rings. The first-order chi connectivity index (χ1) is 12.2. The molecule has 0 atom stereocenters. The van der Waals surface area contributed by atoms with Gasteiger partial charge in [0.1, 0.15) is 11.3 Å². The van der Waals surface area contributed by atoms with Crippen molar-refractivity contribution in [2.45, 2.75) is 13.5 Å². The standard InChI is InChI=1S/C19H16N2O2S2/c1-3-12-21-18-15(23-4-2)8-5-9-16(18)25-19(21)20-17(22)11-10-14-7-6-13-24-14/h1,5-11,13H,4,12H2,2H3. The van der Waals surface area contributed by atoms with Crippen LogP contribution < -0.4 is 9.54 Å². The van der Waals surface area contributed by atoms with Gasteiger partial charge in [0.2, 0.25) is 0 Å². The van der Waals surface area contributed by atoms with Gasteiger partial charge in [0.05, 0.1) is 17.9 Å². The van der Waals surface area contributed by atoms with Gasteiger partial charge < -0.3 is 9.30 Å². The fourth-order valence-corrected chi connectivity index (χ4v) is 4.03. The first-order valence-electron chi connectivity index (χ1n) is 7.72. The van der Waals surface area contributed by atoms with E-state index in [0.717, 1.165) is 20.8 Å². The molecule has 0 aliphatic rings. The Balaban J connectivity index is 2.06. The molecular weight excluding hydrogens is 352 g/mol. The number of para-hydroxylation sites is 1. The average Bonchev–Trinajstić information content (AvgIpc) is 3.23. The van der Waals surface area contributed by atoms with Crippen molar-refractivity contribution < 1.29 is 9.53 Å². The van der Waals surface area contributed by atoms with Crippen LogP contribution in [0.4, 0.5) is 0 Å². The van der Waals surface area contributed by atoms with Crippen molar-refractivity contribution in [2.75, 3.05) is 6.61 Å². The third-order valence-corrected chi connectivity index (χ3v) is 5.23. The average molecular weight is 368 g/mol. The number of amides is 1. The molecule has 4 nitrogen and oxygen atoms in total.